The standard InChI is InChI=1S/C18H19N7O2/c1-2-10-7-11(22-18(26)14-4-6-21-27-14)8-12(10)17-24-23-15-9-20-16-13(25(15)17)3-5-19-16/h3-6,9-12,19H,2,7-8H2,1H3,(H,22,26)/t10-,11+,12+/m1/s1. The van der Waals surface area contributed by atoms with Crippen LogP contribution in [-0.2, 0) is 0 Å². The van der Waals surface area contributed by atoms with Gasteiger partial charge in [-0.3, -0.25) is 9.20 Å². The summed E-state index contributed by atoms with van der Waals surface area (Å²) >= 11 is 0. The molecule has 0 spiro atoms. The number of carbonyl (C=O) groups is 1. The zero-order valence-electron chi connectivity index (χ0n) is 14.8. The van der Waals surface area contributed by atoms with Gasteiger partial charge >= 0.3 is 0 Å². The van der Waals surface area contributed by atoms with E-state index >= 15 is 0 Å². The summed E-state index contributed by atoms with van der Waals surface area (Å²) in [5.41, 5.74) is 2.52. The predicted molar refractivity (Wildman–Crippen MR) is 96.2 cm³/mol. The van der Waals surface area contributed by atoms with Crippen molar-refractivity contribution in [2.45, 2.75) is 38.1 Å². The lowest BCUT2D eigenvalue weighted by Gasteiger charge is -2.15. The maximum Gasteiger partial charge on any atom is 0.290 e. The third kappa shape index (κ3) is 2.57. The number of carbonyl (C=O) groups excluding carboxylic acids is 1. The summed E-state index contributed by atoms with van der Waals surface area (Å²) in [5.74, 6) is 1.57. The lowest BCUT2D eigenvalue weighted by molar-refractivity contribution is 0.0899. The van der Waals surface area contributed by atoms with E-state index in [-0.39, 0.29) is 23.6 Å². The van der Waals surface area contributed by atoms with Crippen molar-refractivity contribution in [1.82, 2.24) is 35.0 Å². The minimum atomic E-state index is -0.226. The van der Waals surface area contributed by atoms with Gasteiger partial charge in [0, 0.05) is 24.2 Å². The second-order valence-electron chi connectivity index (χ2n) is 7.01. The molecule has 0 radical (unpaired) electrons. The van der Waals surface area contributed by atoms with E-state index in [1.807, 2.05) is 12.3 Å². The number of amides is 1. The number of hydrogen-bond donors (Lipinski definition) is 2. The molecule has 0 saturated heterocycles. The largest absolute Gasteiger partial charge is 0.351 e. The van der Waals surface area contributed by atoms with Crippen LogP contribution in [0.4, 0.5) is 0 Å². The van der Waals surface area contributed by atoms with Crippen LogP contribution < -0.4 is 5.32 Å². The van der Waals surface area contributed by atoms with Gasteiger partial charge in [0.05, 0.1) is 17.9 Å². The molecular weight excluding hydrogens is 346 g/mol. The van der Waals surface area contributed by atoms with Crippen LogP contribution in [0, 0.1) is 5.92 Å². The summed E-state index contributed by atoms with van der Waals surface area (Å²) in [6.45, 7) is 2.18. The highest BCUT2D eigenvalue weighted by Crippen LogP contribution is 2.41. The van der Waals surface area contributed by atoms with E-state index in [0.717, 1.165) is 41.9 Å². The molecule has 1 saturated carbocycles. The SMILES string of the molecule is CC[C@@H]1C[C@H](NC(=O)c2ccno2)C[C@@H]1c1nnc2cnc3[nH]ccc3n12. The van der Waals surface area contributed by atoms with Crippen molar-refractivity contribution in [1.29, 1.82) is 0 Å². The molecule has 27 heavy (non-hydrogen) atoms. The number of fused-ring (bicyclic) bond motifs is 3. The number of aromatic amines is 1. The monoisotopic (exact) mass is 365 g/mol. The van der Waals surface area contributed by atoms with Crippen molar-refractivity contribution in [3.8, 4) is 0 Å². The number of hydrogen-bond acceptors (Lipinski definition) is 6. The van der Waals surface area contributed by atoms with Crippen molar-refractivity contribution < 1.29 is 9.32 Å². The van der Waals surface area contributed by atoms with Crippen molar-refractivity contribution in [2.75, 3.05) is 0 Å². The van der Waals surface area contributed by atoms with Gasteiger partial charge < -0.3 is 14.8 Å². The number of aromatic nitrogens is 6. The molecule has 5 rings (SSSR count). The quantitative estimate of drug-likeness (QED) is 0.573. The zero-order valence-corrected chi connectivity index (χ0v) is 14.8. The van der Waals surface area contributed by atoms with E-state index in [2.05, 4.69) is 42.0 Å². The average Bonchev–Trinajstić information content (AvgIpc) is 3.45. The van der Waals surface area contributed by atoms with Crippen molar-refractivity contribution >= 4 is 22.7 Å². The molecule has 3 atom stereocenters. The highest BCUT2D eigenvalue weighted by atomic mass is 16.5. The molecule has 138 valence electrons. The molecule has 0 unspecified atom stereocenters. The van der Waals surface area contributed by atoms with Crippen LogP contribution in [0.5, 0.6) is 0 Å². The fourth-order valence-electron chi connectivity index (χ4n) is 4.24. The highest BCUT2D eigenvalue weighted by molar-refractivity contribution is 5.91. The van der Waals surface area contributed by atoms with Gasteiger partial charge in [0.25, 0.3) is 5.91 Å². The Morgan fingerprint density at radius 3 is 3.11 bits per heavy atom. The third-order valence-corrected chi connectivity index (χ3v) is 5.51. The van der Waals surface area contributed by atoms with E-state index in [9.17, 15) is 4.79 Å². The molecule has 2 N–H and O–H groups in total. The summed E-state index contributed by atoms with van der Waals surface area (Å²) in [7, 11) is 0. The van der Waals surface area contributed by atoms with Gasteiger partial charge in [-0.1, -0.05) is 18.5 Å². The second kappa shape index (κ2) is 6.19. The van der Waals surface area contributed by atoms with Gasteiger partial charge in [-0.05, 0) is 24.8 Å². The summed E-state index contributed by atoms with van der Waals surface area (Å²) in [4.78, 5) is 19.8. The van der Waals surface area contributed by atoms with E-state index in [1.165, 1.54) is 6.20 Å². The van der Waals surface area contributed by atoms with Crippen LogP contribution in [0.25, 0.3) is 16.8 Å². The van der Waals surface area contributed by atoms with Crippen LogP contribution in [-0.4, -0.2) is 41.7 Å². The zero-order chi connectivity index (χ0) is 18.4. The van der Waals surface area contributed by atoms with E-state index in [1.54, 1.807) is 12.3 Å². The fraction of sp³-hybridized carbons (Fsp3) is 0.389. The molecule has 4 aromatic rings. The Morgan fingerprint density at radius 1 is 1.37 bits per heavy atom. The van der Waals surface area contributed by atoms with E-state index < -0.39 is 0 Å². The first-order valence-corrected chi connectivity index (χ1v) is 9.13. The first-order valence-electron chi connectivity index (χ1n) is 9.13. The van der Waals surface area contributed by atoms with Gasteiger partial charge in [0.1, 0.15) is 5.82 Å². The number of H-pyrrole nitrogens is 1. The van der Waals surface area contributed by atoms with E-state index in [4.69, 9.17) is 4.52 Å². The van der Waals surface area contributed by atoms with Crippen LogP contribution in [0.1, 0.15) is 48.5 Å². The first-order chi connectivity index (χ1) is 13.2. The molecule has 4 aromatic heterocycles. The molecule has 0 aromatic carbocycles. The van der Waals surface area contributed by atoms with Crippen molar-refractivity contribution in [3.05, 3.63) is 42.3 Å². The van der Waals surface area contributed by atoms with Gasteiger partial charge in [0.15, 0.2) is 11.3 Å². The van der Waals surface area contributed by atoms with Crippen LogP contribution in [0.3, 0.4) is 0 Å². The molecule has 9 heteroatoms. The molecule has 1 amide bonds. The Kier molecular flexibility index (Phi) is 3.66. The van der Waals surface area contributed by atoms with E-state index in [0.29, 0.717) is 5.92 Å². The van der Waals surface area contributed by atoms with Crippen LogP contribution in [0.2, 0.25) is 0 Å². The summed E-state index contributed by atoms with van der Waals surface area (Å²) in [5, 5.41) is 15.5. The maximum atomic E-state index is 12.3. The second-order valence-corrected chi connectivity index (χ2v) is 7.01. The predicted octanol–water partition coefficient (Wildman–Crippen LogP) is 2.30. The van der Waals surface area contributed by atoms with Crippen LogP contribution >= 0.6 is 0 Å². The molecule has 0 bridgehead atoms. The highest BCUT2D eigenvalue weighted by Gasteiger charge is 2.38. The molecule has 1 aliphatic rings. The van der Waals surface area contributed by atoms with Gasteiger partial charge in [-0.2, -0.15) is 0 Å². The Labute approximate surface area is 154 Å². The minimum Gasteiger partial charge on any atom is -0.351 e. The fourth-order valence-corrected chi connectivity index (χ4v) is 4.24. The molecule has 9 nitrogen and oxygen atoms in total. The van der Waals surface area contributed by atoms with Gasteiger partial charge in [-0.15, -0.1) is 10.2 Å². The lowest BCUT2D eigenvalue weighted by Crippen LogP contribution is -2.32. The summed E-state index contributed by atoms with van der Waals surface area (Å²) in [6.07, 6.45) is 7.79. The molecular formula is C18H19N7O2. The molecule has 1 aliphatic carbocycles. The average molecular weight is 365 g/mol. The van der Waals surface area contributed by atoms with Gasteiger partial charge in [-0.25, -0.2) is 4.98 Å². The smallest absolute Gasteiger partial charge is 0.290 e. The Bertz CT molecular complexity index is 1100. The lowest BCUT2D eigenvalue weighted by atomic mass is 9.93. The Balaban J connectivity index is 1.47. The first kappa shape index (κ1) is 16.0. The third-order valence-electron chi connectivity index (χ3n) is 5.51. The molecule has 1 fully saturated rings. The number of nitrogens with zero attached hydrogens (tertiary/aromatic N) is 5. The molecule has 4 heterocycles. The summed E-state index contributed by atoms with van der Waals surface area (Å²) < 4.78 is 7.03. The number of nitrogens with one attached hydrogen (secondary N) is 2. The van der Waals surface area contributed by atoms with Crippen molar-refractivity contribution in [2.24, 2.45) is 5.92 Å². The normalized spacial score (nSPS) is 22.6. The van der Waals surface area contributed by atoms with Crippen LogP contribution in [0.15, 0.2) is 35.2 Å². The number of rotatable bonds is 4. The minimum absolute atomic E-state index is 0.0634. The van der Waals surface area contributed by atoms with Crippen molar-refractivity contribution in [3.63, 3.8) is 0 Å². The molecule has 0 aliphatic heterocycles. The summed E-state index contributed by atoms with van der Waals surface area (Å²) in [6, 6.07) is 3.62. The Hall–Kier alpha value is -3.23. The topological polar surface area (TPSA) is 114 Å². The Morgan fingerprint density at radius 2 is 2.30 bits per heavy atom. The van der Waals surface area contributed by atoms with Gasteiger partial charge in [0.2, 0.25) is 5.76 Å². The maximum absolute atomic E-state index is 12.3.